The van der Waals surface area contributed by atoms with Crippen molar-refractivity contribution in [1.82, 2.24) is 19.9 Å². The molecule has 0 radical (unpaired) electrons. The molecule has 0 spiro atoms. The summed E-state index contributed by atoms with van der Waals surface area (Å²) in [5, 5.41) is 16.8. The monoisotopic (exact) mass is 348 g/mol. The number of hydrogen-bond acceptors (Lipinski definition) is 4. The Balaban J connectivity index is 1.52. The summed E-state index contributed by atoms with van der Waals surface area (Å²) in [7, 11) is 0. The van der Waals surface area contributed by atoms with Gasteiger partial charge in [0.2, 0.25) is 0 Å². The third-order valence-corrected chi connectivity index (χ3v) is 4.68. The molecule has 0 saturated carbocycles. The van der Waals surface area contributed by atoms with Crippen molar-refractivity contribution >= 4 is 5.97 Å². The third-order valence-electron chi connectivity index (χ3n) is 4.68. The van der Waals surface area contributed by atoms with Crippen LogP contribution in [0, 0.1) is 0 Å². The number of fused-ring (bicyclic) bond motifs is 3. The maximum absolute atomic E-state index is 10.8. The van der Waals surface area contributed by atoms with Gasteiger partial charge in [0.1, 0.15) is 6.54 Å². The molecule has 0 unspecified atom stereocenters. The van der Waals surface area contributed by atoms with E-state index in [0.29, 0.717) is 0 Å². The molecule has 0 aliphatic carbocycles. The molecule has 0 bridgehead atoms. The molecule has 1 N–H and O–H groups in total. The molecule has 0 amide bonds. The van der Waals surface area contributed by atoms with Gasteiger partial charge in [0, 0.05) is 32.3 Å². The fourth-order valence-corrected chi connectivity index (χ4v) is 3.48. The summed E-state index contributed by atoms with van der Waals surface area (Å²) in [4.78, 5) is 13.2. The average molecular weight is 348 g/mol. The summed E-state index contributed by atoms with van der Waals surface area (Å²) < 4.78 is 1.37. The smallest absolute Gasteiger partial charge is 0.325 e. The molecule has 6 nitrogen and oxygen atoms in total. The number of aromatic nitrogens is 3. The van der Waals surface area contributed by atoms with E-state index in [2.05, 4.69) is 63.7 Å². The third kappa shape index (κ3) is 3.50. The Bertz CT molecular complexity index is 887. The first-order valence-corrected chi connectivity index (χ1v) is 8.68. The molecule has 1 aliphatic rings. The average Bonchev–Trinajstić information content (AvgIpc) is 3.00. The van der Waals surface area contributed by atoms with Gasteiger partial charge in [0.15, 0.2) is 0 Å². The van der Waals surface area contributed by atoms with E-state index in [9.17, 15) is 4.79 Å². The van der Waals surface area contributed by atoms with Crippen LogP contribution in [0.5, 0.6) is 0 Å². The van der Waals surface area contributed by atoms with Gasteiger partial charge in [0.25, 0.3) is 0 Å². The Hall–Kier alpha value is -2.99. The van der Waals surface area contributed by atoms with Crippen LogP contribution in [0.15, 0.2) is 54.7 Å². The molecular formula is C20H20N4O2. The van der Waals surface area contributed by atoms with Gasteiger partial charge in [0.05, 0.1) is 5.69 Å². The first-order chi connectivity index (χ1) is 12.7. The van der Waals surface area contributed by atoms with E-state index in [4.69, 9.17) is 5.11 Å². The number of carboxylic acids is 1. The largest absolute Gasteiger partial charge is 0.480 e. The highest BCUT2D eigenvalue weighted by atomic mass is 16.4. The molecule has 6 heteroatoms. The van der Waals surface area contributed by atoms with Crippen LogP contribution in [-0.2, 0) is 30.8 Å². The minimum Gasteiger partial charge on any atom is -0.480 e. The van der Waals surface area contributed by atoms with Gasteiger partial charge in [-0.1, -0.05) is 53.7 Å². The lowest BCUT2D eigenvalue weighted by molar-refractivity contribution is -0.137. The number of carboxylic acid groups (broad SMARTS) is 1. The van der Waals surface area contributed by atoms with Crippen molar-refractivity contribution in [3.63, 3.8) is 0 Å². The quantitative estimate of drug-likeness (QED) is 0.767. The maximum Gasteiger partial charge on any atom is 0.325 e. The van der Waals surface area contributed by atoms with Gasteiger partial charge in [-0.15, -0.1) is 5.10 Å². The fourth-order valence-electron chi connectivity index (χ4n) is 3.48. The summed E-state index contributed by atoms with van der Waals surface area (Å²) in [6.45, 7) is 2.45. The molecule has 2 aromatic carbocycles. The maximum atomic E-state index is 10.8. The summed E-state index contributed by atoms with van der Waals surface area (Å²) >= 11 is 0. The van der Waals surface area contributed by atoms with Gasteiger partial charge in [-0.2, -0.15) is 0 Å². The van der Waals surface area contributed by atoms with E-state index >= 15 is 0 Å². The van der Waals surface area contributed by atoms with E-state index in [1.807, 2.05) is 0 Å². The van der Waals surface area contributed by atoms with Crippen LogP contribution in [-0.4, -0.2) is 37.5 Å². The summed E-state index contributed by atoms with van der Waals surface area (Å²) in [5.74, 6) is -0.915. The minimum atomic E-state index is -0.915. The zero-order valence-corrected chi connectivity index (χ0v) is 14.4. The lowest BCUT2D eigenvalue weighted by Gasteiger charge is -2.20. The highest BCUT2D eigenvalue weighted by molar-refractivity contribution is 5.71. The Morgan fingerprint density at radius 3 is 2.23 bits per heavy atom. The zero-order valence-electron chi connectivity index (χ0n) is 14.4. The van der Waals surface area contributed by atoms with Crippen molar-refractivity contribution in [3.8, 4) is 11.1 Å². The topological polar surface area (TPSA) is 71.2 Å². The van der Waals surface area contributed by atoms with Crippen molar-refractivity contribution in [1.29, 1.82) is 0 Å². The number of carbonyl (C=O) groups is 1. The second-order valence-electron chi connectivity index (χ2n) is 6.58. The molecule has 0 atom stereocenters. The van der Waals surface area contributed by atoms with Crippen LogP contribution in [0.1, 0.15) is 16.8 Å². The Labute approximate surface area is 151 Å². The number of nitrogens with zero attached hydrogens (tertiary/aromatic N) is 4. The predicted octanol–water partition coefficient (Wildman–Crippen LogP) is 2.59. The lowest BCUT2D eigenvalue weighted by Crippen LogP contribution is -2.24. The Kier molecular flexibility index (Phi) is 4.50. The van der Waals surface area contributed by atoms with Gasteiger partial charge in [-0.3, -0.25) is 9.69 Å². The second-order valence-corrected chi connectivity index (χ2v) is 6.58. The Morgan fingerprint density at radius 2 is 1.62 bits per heavy atom. The van der Waals surface area contributed by atoms with Gasteiger partial charge < -0.3 is 5.11 Å². The van der Waals surface area contributed by atoms with Crippen LogP contribution in [0.25, 0.3) is 11.1 Å². The molecule has 26 heavy (non-hydrogen) atoms. The van der Waals surface area contributed by atoms with Crippen LogP contribution in [0.4, 0.5) is 0 Å². The van der Waals surface area contributed by atoms with Crippen molar-refractivity contribution < 1.29 is 9.90 Å². The first kappa shape index (κ1) is 16.5. The van der Waals surface area contributed by atoms with Crippen LogP contribution >= 0.6 is 0 Å². The zero-order chi connectivity index (χ0) is 17.9. The van der Waals surface area contributed by atoms with E-state index in [0.717, 1.165) is 31.7 Å². The Morgan fingerprint density at radius 1 is 1.00 bits per heavy atom. The molecule has 3 aromatic rings. The first-order valence-electron chi connectivity index (χ1n) is 8.68. The number of hydrogen-bond donors (Lipinski definition) is 1. The van der Waals surface area contributed by atoms with E-state index in [1.165, 1.54) is 26.9 Å². The molecule has 132 valence electrons. The van der Waals surface area contributed by atoms with Crippen LogP contribution < -0.4 is 0 Å². The summed E-state index contributed by atoms with van der Waals surface area (Å²) in [6, 6.07) is 17.1. The second kappa shape index (κ2) is 7.09. The van der Waals surface area contributed by atoms with Crippen molar-refractivity contribution in [2.24, 2.45) is 0 Å². The van der Waals surface area contributed by atoms with E-state index in [1.54, 1.807) is 6.20 Å². The molecule has 0 saturated heterocycles. The predicted molar refractivity (Wildman–Crippen MR) is 97.4 cm³/mol. The highest BCUT2D eigenvalue weighted by Gasteiger charge is 2.18. The van der Waals surface area contributed by atoms with Crippen LogP contribution in [0.2, 0.25) is 0 Å². The SMILES string of the molecule is O=C(O)Cn1cc(CCN2Cc3ccccc3-c3ccccc3C2)nn1. The number of benzene rings is 2. The van der Waals surface area contributed by atoms with Crippen molar-refractivity contribution in [2.45, 2.75) is 26.1 Å². The van der Waals surface area contributed by atoms with Gasteiger partial charge >= 0.3 is 5.97 Å². The molecule has 0 fully saturated rings. The molecule has 1 aromatic heterocycles. The summed E-state index contributed by atoms with van der Waals surface area (Å²) in [6.07, 6.45) is 2.46. The van der Waals surface area contributed by atoms with E-state index < -0.39 is 5.97 Å². The normalized spacial score (nSPS) is 13.7. The highest BCUT2D eigenvalue weighted by Crippen LogP contribution is 2.32. The molecular weight excluding hydrogens is 328 g/mol. The van der Waals surface area contributed by atoms with Gasteiger partial charge in [-0.05, 0) is 22.3 Å². The fraction of sp³-hybridized carbons (Fsp3) is 0.250. The van der Waals surface area contributed by atoms with E-state index in [-0.39, 0.29) is 6.54 Å². The van der Waals surface area contributed by atoms with Crippen LogP contribution in [0.3, 0.4) is 0 Å². The standard InChI is InChI=1S/C20H20N4O2/c25-20(26)14-24-13-17(21-22-24)9-10-23-11-15-5-1-3-7-18(15)19-8-4-2-6-16(19)12-23/h1-8,13H,9-12,14H2,(H,25,26). The molecule has 4 rings (SSSR count). The number of rotatable bonds is 5. The van der Waals surface area contributed by atoms with Crippen molar-refractivity contribution in [2.75, 3.05) is 6.54 Å². The van der Waals surface area contributed by atoms with Gasteiger partial charge in [-0.25, -0.2) is 4.68 Å². The number of aliphatic carboxylic acids is 1. The minimum absolute atomic E-state index is 0.155. The summed E-state index contributed by atoms with van der Waals surface area (Å²) in [5.41, 5.74) is 6.08. The van der Waals surface area contributed by atoms with Crippen molar-refractivity contribution in [3.05, 3.63) is 71.5 Å². The molecule has 1 aliphatic heterocycles. The molecule has 2 heterocycles. The lowest BCUT2D eigenvalue weighted by atomic mass is 9.97.